The van der Waals surface area contributed by atoms with E-state index in [0.29, 0.717) is 5.92 Å². The highest BCUT2D eigenvalue weighted by Gasteiger charge is 2.44. The van der Waals surface area contributed by atoms with E-state index in [2.05, 4.69) is 39.5 Å². The van der Waals surface area contributed by atoms with Crippen molar-refractivity contribution in [2.75, 3.05) is 0 Å². The molecule has 0 radical (unpaired) electrons. The van der Waals surface area contributed by atoms with Gasteiger partial charge in [0, 0.05) is 11.5 Å². The van der Waals surface area contributed by atoms with Gasteiger partial charge in [-0.25, -0.2) is 0 Å². The first-order valence-corrected chi connectivity index (χ1v) is 8.78. The van der Waals surface area contributed by atoms with E-state index < -0.39 is 0 Å². The maximum atomic E-state index is 6.46. The van der Waals surface area contributed by atoms with Gasteiger partial charge in [0.1, 0.15) is 0 Å². The molecular formula is C20H39N. The second-order valence-electron chi connectivity index (χ2n) is 5.58. The van der Waals surface area contributed by atoms with Gasteiger partial charge in [-0.15, -0.1) is 0 Å². The van der Waals surface area contributed by atoms with Crippen molar-refractivity contribution < 1.29 is 0 Å². The molecule has 21 heavy (non-hydrogen) atoms. The highest BCUT2D eigenvalue weighted by Crippen LogP contribution is 2.50. The first kappa shape index (κ1) is 22.5. The van der Waals surface area contributed by atoms with Crippen LogP contribution in [0.15, 0.2) is 36.5 Å². The Morgan fingerprint density at radius 2 is 1.71 bits per heavy atom. The fraction of sp³-hybridized carbons (Fsp3) is 0.700. The maximum Gasteiger partial charge on any atom is 0.0139 e. The van der Waals surface area contributed by atoms with Gasteiger partial charge >= 0.3 is 0 Å². The minimum absolute atomic E-state index is 0.235. The molecule has 0 bridgehead atoms. The lowest BCUT2D eigenvalue weighted by Gasteiger charge is -2.48. The van der Waals surface area contributed by atoms with Gasteiger partial charge in [-0.05, 0) is 37.7 Å². The molecule has 0 aromatic rings. The van der Waals surface area contributed by atoms with Gasteiger partial charge in [-0.1, -0.05) is 78.8 Å². The Hall–Kier alpha value is -0.820. The van der Waals surface area contributed by atoms with E-state index in [1.807, 2.05) is 39.8 Å². The zero-order valence-corrected chi connectivity index (χ0v) is 15.6. The van der Waals surface area contributed by atoms with E-state index >= 15 is 0 Å². The Morgan fingerprint density at radius 1 is 1.19 bits per heavy atom. The number of allylic oxidation sites excluding steroid dienone is 4. The third-order valence-electron chi connectivity index (χ3n) is 3.98. The Balaban J connectivity index is 0. The maximum absolute atomic E-state index is 6.46. The molecular weight excluding hydrogens is 254 g/mol. The molecule has 0 heterocycles. The van der Waals surface area contributed by atoms with E-state index in [9.17, 15) is 0 Å². The molecule has 0 spiro atoms. The van der Waals surface area contributed by atoms with Gasteiger partial charge in [0.2, 0.25) is 0 Å². The van der Waals surface area contributed by atoms with Crippen LogP contribution in [0.2, 0.25) is 0 Å². The molecule has 1 heteroatoms. The first-order valence-electron chi connectivity index (χ1n) is 8.78. The molecule has 0 aromatic heterocycles. The van der Waals surface area contributed by atoms with Crippen molar-refractivity contribution in [3.05, 3.63) is 36.5 Å². The second kappa shape index (κ2) is 12.9. The Kier molecular flexibility index (Phi) is 13.8. The average Bonchev–Trinajstić information content (AvgIpc) is 2.44. The third-order valence-corrected chi connectivity index (χ3v) is 3.98. The molecule has 1 nitrogen and oxygen atoms in total. The van der Waals surface area contributed by atoms with Crippen LogP contribution < -0.4 is 5.73 Å². The summed E-state index contributed by atoms with van der Waals surface area (Å²) < 4.78 is 0. The Bertz CT molecular complexity index is 306. The zero-order valence-electron chi connectivity index (χ0n) is 15.6. The van der Waals surface area contributed by atoms with Crippen LogP contribution in [0.4, 0.5) is 0 Å². The van der Waals surface area contributed by atoms with Crippen LogP contribution in [0.25, 0.3) is 0 Å². The second-order valence-corrected chi connectivity index (χ2v) is 5.58. The summed E-state index contributed by atoms with van der Waals surface area (Å²) in [4.78, 5) is 0. The van der Waals surface area contributed by atoms with E-state index in [1.165, 1.54) is 24.8 Å². The van der Waals surface area contributed by atoms with Crippen molar-refractivity contribution in [1.29, 1.82) is 0 Å². The summed E-state index contributed by atoms with van der Waals surface area (Å²) in [6, 6.07) is 0.289. The Morgan fingerprint density at radius 3 is 2.00 bits per heavy atom. The lowest BCUT2D eigenvalue weighted by Crippen LogP contribution is -2.48. The van der Waals surface area contributed by atoms with Crippen LogP contribution in [0.5, 0.6) is 0 Å². The molecule has 1 unspecified atom stereocenters. The van der Waals surface area contributed by atoms with Crippen LogP contribution in [0.3, 0.4) is 0 Å². The topological polar surface area (TPSA) is 26.0 Å². The fourth-order valence-electron chi connectivity index (χ4n) is 2.89. The van der Waals surface area contributed by atoms with Crippen LogP contribution in [0, 0.1) is 11.3 Å². The van der Waals surface area contributed by atoms with E-state index in [4.69, 9.17) is 5.73 Å². The molecule has 2 N–H and O–H groups in total. The predicted octanol–water partition coefficient (Wildman–Crippen LogP) is 6.27. The monoisotopic (exact) mass is 293 g/mol. The van der Waals surface area contributed by atoms with Gasteiger partial charge in [0.05, 0.1) is 0 Å². The van der Waals surface area contributed by atoms with Gasteiger partial charge in [-0.3, -0.25) is 0 Å². The molecule has 1 atom stereocenters. The van der Waals surface area contributed by atoms with Crippen molar-refractivity contribution in [3.63, 3.8) is 0 Å². The van der Waals surface area contributed by atoms with Crippen molar-refractivity contribution in [2.24, 2.45) is 17.1 Å². The highest BCUT2D eigenvalue weighted by molar-refractivity contribution is 5.32. The van der Waals surface area contributed by atoms with Crippen LogP contribution in [-0.2, 0) is 0 Å². The van der Waals surface area contributed by atoms with Crippen molar-refractivity contribution >= 4 is 0 Å². The fourth-order valence-corrected chi connectivity index (χ4v) is 2.89. The summed E-state index contributed by atoms with van der Waals surface area (Å²) in [5, 5.41) is 0. The summed E-state index contributed by atoms with van der Waals surface area (Å²) in [7, 11) is 0. The largest absolute Gasteiger partial charge is 0.327 e. The number of nitrogens with two attached hydrogens (primary N) is 1. The average molecular weight is 294 g/mol. The minimum atomic E-state index is 0.235. The van der Waals surface area contributed by atoms with Crippen molar-refractivity contribution in [2.45, 2.75) is 80.2 Å². The molecule has 1 aliphatic rings. The highest BCUT2D eigenvalue weighted by atomic mass is 14.7. The van der Waals surface area contributed by atoms with Crippen LogP contribution in [0.1, 0.15) is 74.1 Å². The molecule has 0 aromatic carbocycles. The third kappa shape index (κ3) is 6.65. The van der Waals surface area contributed by atoms with Gasteiger partial charge in [0.15, 0.2) is 0 Å². The molecule has 1 fully saturated rings. The first-order chi connectivity index (χ1) is 10.1. The van der Waals surface area contributed by atoms with Gasteiger partial charge < -0.3 is 5.73 Å². The normalized spacial score (nSPS) is 18.0. The molecule has 124 valence electrons. The SMILES string of the molecule is C=C/C=C\C(=C/C)C1(C(N)CC(C)C)CCC1.CC.CC. The smallest absolute Gasteiger partial charge is 0.0139 e. The minimum Gasteiger partial charge on any atom is -0.327 e. The Labute approximate surface area is 134 Å². The number of hydrogen-bond donors (Lipinski definition) is 1. The molecule has 0 amide bonds. The van der Waals surface area contributed by atoms with E-state index in [1.54, 1.807) is 0 Å². The summed E-state index contributed by atoms with van der Waals surface area (Å²) in [6.07, 6.45) is 13.2. The summed E-state index contributed by atoms with van der Waals surface area (Å²) in [5.41, 5.74) is 8.10. The quantitative estimate of drug-likeness (QED) is 0.574. The molecule has 1 rings (SSSR count). The van der Waals surface area contributed by atoms with Crippen molar-refractivity contribution in [3.8, 4) is 0 Å². The molecule has 1 saturated carbocycles. The predicted molar refractivity (Wildman–Crippen MR) is 99.5 cm³/mol. The molecule has 1 aliphatic carbocycles. The standard InChI is InChI=1S/C16H27N.2C2H6/c1-5-7-9-14(6-2)16(10-8-11-16)15(17)12-13(3)4;2*1-2/h5-7,9,13,15H,1,8,10-12,17H2,2-4H3;2*1-2H3/b9-7-,14-6+;;. The summed E-state index contributed by atoms with van der Waals surface area (Å²) in [6.45, 7) is 18.4. The lowest BCUT2D eigenvalue weighted by atomic mass is 9.58. The van der Waals surface area contributed by atoms with Crippen molar-refractivity contribution in [1.82, 2.24) is 0 Å². The number of rotatable bonds is 6. The van der Waals surface area contributed by atoms with Gasteiger partial charge in [0.25, 0.3) is 0 Å². The summed E-state index contributed by atoms with van der Waals surface area (Å²) in [5.74, 6) is 0.670. The van der Waals surface area contributed by atoms with Crippen LogP contribution >= 0.6 is 0 Å². The van der Waals surface area contributed by atoms with Gasteiger partial charge in [-0.2, -0.15) is 0 Å². The lowest BCUT2D eigenvalue weighted by molar-refractivity contribution is 0.132. The zero-order chi connectivity index (χ0) is 16.9. The summed E-state index contributed by atoms with van der Waals surface area (Å²) >= 11 is 0. The molecule has 0 aliphatic heterocycles. The number of hydrogen-bond acceptors (Lipinski definition) is 1. The van der Waals surface area contributed by atoms with E-state index in [-0.39, 0.29) is 11.5 Å². The molecule has 0 saturated heterocycles. The van der Waals surface area contributed by atoms with E-state index in [0.717, 1.165) is 6.42 Å². The van der Waals surface area contributed by atoms with Crippen LogP contribution in [-0.4, -0.2) is 6.04 Å².